The largest absolute Gasteiger partial charge is 0.348 e. The number of nitrogens with one attached hydrogen (secondary N) is 1. The minimum absolute atomic E-state index is 0.187. The Bertz CT molecular complexity index is 794. The molecule has 2 rings (SSSR count). The molecule has 0 radical (unpaired) electrons. The molecule has 0 spiro atoms. The average Bonchev–Trinajstić information content (AvgIpc) is 2.66. The smallest absolute Gasteiger partial charge is 0.263 e. The average molecular weight is 354 g/mol. The van der Waals surface area contributed by atoms with E-state index in [0.29, 0.717) is 19.0 Å². The van der Waals surface area contributed by atoms with Crippen LogP contribution in [-0.4, -0.2) is 10.5 Å². The van der Waals surface area contributed by atoms with Gasteiger partial charge in [-0.15, -0.1) is 0 Å². The van der Waals surface area contributed by atoms with Crippen molar-refractivity contribution < 1.29 is 4.79 Å². The highest BCUT2D eigenvalue weighted by atomic mass is 16.2. The van der Waals surface area contributed by atoms with Crippen LogP contribution in [0, 0.1) is 19.8 Å². The fraction of sp³-hybridized carbons (Fsp3) is 0.455. The van der Waals surface area contributed by atoms with Gasteiger partial charge < -0.3 is 9.88 Å². The summed E-state index contributed by atoms with van der Waals surface area (Å²) in [6, 6.07) is 11.4. The van der Waals surface area contributed by atoms with Crippen LogP contribution in [0.5, 0.6) is 0 Å². The molecule has 1 unspecified atom stereocenters. The minimum atomic E-state index is -0.306. The first kappa shape index (κ1) is 20.0. The Kier molecular flexibility index (Phi) is 7.19. The third kappa shape index (κ3) is 4.84. The van der Waals surface area contributed by atoms with Crippen LogP contribution in [0.15, 0.2) is 41.2 Å². The SMILES string of the molecule is CCCC(CC)Cn1c(C)c(C)cc(C(=O)NCc2ccccc2)c1=O. The summed E-state index contributed by atoms with van der Waals surface area (Å²) in [4.78, 5) is 25.6. The van der Waals surface area contributed by atoms with Crippen molar-refractivity contribution in [2.45, 2.75) is 60.0 Å². The third-order valence-electron chi connectivity index (χ3n) is 5.07. The summed E-state index contributed by atoms with van der Waals surface area (Å²) in [5, 5.41) is 2.87. The summed E-state index contributed by atoms with van der Waals surface area (Å²) >= 11 is 0. The third-order valence-corrected chi connectivity index (χ3v) is 5.07. The highest BCUT2D eigenvalue weighted by Crippen LogP contribution is 2.16. The first-order valence-electron chi connectivity index (χ1n) is 9.51. The molecule has 1 amide bonds. The van der Waals surface area contributed by atoms with Crippen LogP contribution >= 0.6 is 0 Å². The van der Waals surface area contributed by atoms with Gasteiger partial charge in [0.1, 0.15) is 5.56 Å². The lowest BCUT2D eigenvalue weighted by Crippen LogP contribution is -2.35. The van der Waals surface area contributed by atoms with Gasteiger partial charge in [-0.25, -0.2) is 0 Å². The zero-order valence-corrected chi connectivity index (χ0v) is 16.3. The predicted molar refractivity (Wildman–Crippen MR) is 106 cm³/mol. The van der Waals surface area contributed by atoms with Gasteiger partial charge in [-0.05, 0) is 43.4 Å². The minimum Gasteiger partial charge on any atom is -0.348 e. The summed E-state index contributed by atoms with van der Waals surface area (Å²) in [6.45, 7) is 9.33. The van der Waals surface area contributed by atoms with E-state index in [9.17, 15) is 9.59 Å². The lowest BCUT2D eigenvalue weighted by atomic mass is 10.00. The zero-order chi connectivity index (χ0) is 19.1. The van der Waals surface area contributed by atoms with Gasteiger partial charge in [-0.1, -0.05) is 57.0 Å². The number of pyridine rings is 1. The molecule has 1 heterocycles. The van der Waals surface area contributed by atoms with Crippen molar-refractivity contribution in [2.75, 3.05) is 0 Å². The fourth-order valence-corrected chi connectivity index (χ4v) is 3.24. The number of hydrogen-bond donors (Lipinski definition) is 1. The van der Waals surface area contributed by atoms with Crippen LogP contribution in [0.3, 0.4) is 0 Å². The van der Waals surface area contributed by atoms with E-state index >= 15 is 0 Å². The molecule has 26 heavy (non-hydrogen) atoms. The van der Waals surface area contributed by atoms with Crippen LogP contribution in [0.25, 0.3) is 0 Å². The van der Waals surface area contributed by atoms with E-state index in [4.69, 9.17) is 0 Å². The summed E-state index contributed by atoms with van der Waals surface area (Å²) in [5.41, 5.74) is 2.98. The second-order valence-corrected chi connectivity index (χ2v) is 6.97. The highest BCUT2D eigenvalue weighted by Gasteiger charge is 2.18. The van der Waals surface area contributed by atoms with Crippen LogP contribution in [0.1, 0.15) is 60.3 Å². The van der Waals surface area contributed by atoms with E-state index in [0.717, 1.165) is 36.1 Å². The van der Waals surface area contributed by atoms with E-state index in [2.05, 4.69) is 19.2 Å². The normalized spacial score (nSPS) is 12.0. The molecule has 0 fully saturated rings. The molecule has 0 saturated heterocycles. The van der Waals surface area contributed by atoms with E-state index in [-0.39, 0.29) is 17.0 Å². The van der Waals surface area contributed by atoms with Crippen molar-refractivity contribution in [3.05, 3.63) is 69.1 Å². The molecule has 0 aliphatic carbocycles. The molecular formula is C22H30N2O2. The Balaban J connectivity index is 2.25. The molecule has 1 atom stereocenters. The van der Waals surface area contributed by atoms with Crippen LogP contribution < -0.4 is 10.9 Å². The van der Waals surface area contributed by atoms with Crippen LogP contribution in [0.2, 0.25) is 0 Å². The Morgan fingerprint density at radius 2 is 1.85 bits per heavy atom. The molecule has 0 saturated carbocycles. The number of carbonyl (C=O) groups excluding carboxylic acids is 1. The quantitative estimate of drug-likeness (QED) is 0.771. The van der Waals surface area contributed by atoms with E-state index in [1.165, 1.54) is 0 Å². The number of benzene rings is 1. The van der Waals surface area contributed by atoms with E-state index < -0.39 is 0 Å². The van der Waals surface area contributed by atoms with Crippen LogP contribution in [-0.2, 0) is 13.1 Å². The van der Waals surface area contributed by atoms with Gasteiger partial charge in [0.25, 0.3) is 11.5 Å². The number of aryl methyl sites for hydroxylation is 1. The Hall–Kier alpha value is -2.36. The van der Waals surface area contributed by atoms with Gasteiger partial charge in [0.2, 0.25) is 0 Å². The maximum absolute atomic E-state index is 13.0. The van der Waals surface area contributed by atoms with Crippen molar-refractivity contribution >= 4 is 5.91 Å². The maximum atomic E-state index is 13.0. The number of rotatable bonds is 8. The zero-order valence-electron chi connectivity index (χ0n) is 16.3. The topological polar surface area (TPSA) is 51.1 Å². The van der Waals surface area contributed by atoms with Crippen molar-refractivity contribution in [3.63, 3.8) is 0 Å². The van der Waals surface area contributed by atoms with E-state index in [1.54, 1.807) is 10.6 Å². The second-order valence-electron chi connectivity index (χ2n) is 6.97. The molecule has 1 aromatic heterocycles. The molecule has 0 aliphatic rings. The van der Waals surface area contributed by atoms with Crippen LogP contribution in [0.4, 0.5) is 0 Å². The van der Waals surface area contributed by atoms with E-state index in [1.807, 2.05) is 44.2 Å². The highest BCUT2D eigenvalue weighted by molar-refractivity contribution is 5.94. The lowest BCUT2D eigenvalue weighted by Gasteiger charge is -2.20. The standard InChI is InChI=1S/C22H30N2O2/c1-5-10-18(6-2)15-24-17(4)16(3)13-20(22(24)26)21(25)23-14-19-11-8-7-9-12-19/h7-9,11-13,18H,5-6,10,14-15H2,1-4H3,(H,23,25). The number of amides is 1. The number of nitrogens with zero attached hydrogens (tertiary/aromatic N) is 1. The summed E-state index contributed by atoms with van der Waals surface area (Å²) in [7, 11) is 0. The molecule has 0 bridgehead atoms. The van der Waals surface area contributed by atoms with Gasteiger partial charge in [0.15, 0.2) is 0 Å². The molecule has 2 aromatic rings. The lowest BCUT2D eigenvalue weighted by molar-refractivity contribution is 0.0948. The van der Waals surface area contributed by atoms with Crippen molar-refractivity contribution in [1.82, 2.24) is 9.88 Å². The number of hydrogen-bond acceptors (Lipinski definition) is 2. The van der Waals surface area contributed by atoms with Crippen molar-refractivity contribution in [1.29, 1.82) is 0 Å². The second kappa shape index (κ2) is 9.37. The summed E-state index contributed by atoms with van der Waals surface area (Å²) < 4.78 is 1.79. The molecule has 4 heteroatoms. The summed E-state index contributed by atoms with van der Waals surface area (Å²) in [5.74, 6) is 0.151. The Morgan fingerprint density at radius 3 is 2.46 bits per heavy atom. The molecule has 1 N–H and O–H groups in total. The summed E-state index contributed by atoms with van der Waals surface area (Å²) in [6.07, 6.45) is 3.22. The maximum Gasteiger partial charge on any atom is 0.263 e. The first-order chi connectivity index (χ1) is 12.5. The van der Waals surface area contributed by atoms with Gasteiger partial charge in [-0.3, -0.25) is 9.59 Å². The Labute approximate surface area is 156 Å². The van der Waals surface area contributed by atoms with Crippen molar-refractivity contribution in [2.24, 2.45) is 5.92 Å². The molecule has 140 valence electrons. The van der Waals surface area contributed by atoms with Crippen molar-refractivity contribution in [3.8, 4) is 0 Å². The van der Waals surface area contributed by atoms with Gasteiger partial charge in [-0.2, -0.15) is 0 Å². The first-order valence-corrected chi connectivity index (χ1v) is 9.51. The molecule has 4 nitrogen and oxygen atoms in total. The van der Waals surface area contributed by atoms with Gasteiger partial charge in [0.05, 0.1) is 0 Å². The molecular weight excluding hydrogens is 324 g/mol. The predicted octanol–water partition coefficient (Wildman–Crippen LogP) is 4.22. The molecule has 0 aliphatic heterocycles. The number of aromatic nitrogens is 1. The molecule has 1 aromatic carbocycles. The monoisotopic (exact) mass is 354 g/mol. The Morgan fingerprint density at radius 1 is 1.15 bits per heavy atom. The number of carbonyl (C=O) groups is 1. The van der Waals surface area contributed by atoms with Gasteiger partial charge >= 0.3 is 0 Å². The van der Waals surface area contributed by atoms with Gasteiger partial charge in [0, 0.05) is 18.8 Å². The fourth-order valence-electron chi connectivity index (χ4n) is 3.24.